The summed E-state index contributed by atoms with van der Waals surface area (Å²) >= 11 is 3.19. The van der Waals surface area contributed by atoms with E-state index in [0.29, 0.717) is 22.5 Å². The Morgan fingerprint density at radius 2 is 2.17 bits per heavy atom. The Labute approximate surface area is 146 Å². The maximum absolute atomic E-state index is 14.1. The fraction of sp³-hybridized carbons (Fsp3) is 0.294. The van der Waals surface area contributed by atoms with E-state index in [-0.39, 0.29) is 22.5 Å². The van der Waals surface area contributed by atoms with Crippen molar-refractivity contribution in [2.45, 2.75) is 26.3 Å². The number of hydrogen-bond donors (Lipinski definition) is 2. The van der Waals surface area contributed by atoms with Gasteiger partial charge in [0, 0.05) is 22.8 Å². The van der Waals surface area contributed by atoms with E-state index >= 15 is 0 Å². The van der Waals surface area contributed by atoms with Crippen molar-refractivity contribution >= 4 is 33.2 Å². The predicted octanol–water partition coefficient (Wildman–Crippen LogP) is 3.31. The minimum absolute atomic E-state index is 0.170. The third-order valence-electron chi connectivity index (χ3n) is 4.12. The molecule has 0 bridgehead atoms. The number of nitrogens with one attached hydrogen (secondary N) is 1. The SMILES string of the molecule is Cc1c(Nc2ccc(Br)cc2F)c(C(N)=O)cn(CC2CC2)c1=O. The van der Waals surface area contributed by atoms with Crippen LogP contribution in [0.5, 0.6) is 0 Å². The smallest absolute Gasteiger partial charge is 0.255 e. The quantitative estimate of drug-likeness (QED) is 0.817. The molecule has 0 aliphatic heterocycles. The van der Waals surface area contributed by atoms with E-state index in [1.807, 2.05) is 0 Å². The van der Waals surface area contributed by atoms with E-state index in [0.717, 1.165) is 12.8 Å². The number of rotatable bonds is 5. The van der Waals surface area contributed by atoms with Crippen LogP contribution < -0.4 is 16.6 Å². The van der Waals surface area contributed by atoms with Crippen molar-refractivity contribution in [1.82, 2.24) is 4.57 Å². The van der Waals surface area contributed by atoms with Crippen molar-refractivity contribution in [3.05, 3.63) is 56.2 Å². The molecule has 1 aromatic heterocycles. The molecule has 0 unspecified atom stereocenters. The van der Waals surface area contributed by atoms with Gasteiger partial charge in [0.25, 0.3) is 11.5 Å². The van der Waals surface area contributed by atoms with Crippen molar-refractivity contribution < 1.29 is 9.18 Å². The van der Waals surface area contributed by atoms with Crippen molar-refractivity contribution in [3.8, 4) is 0 Å². The number of nitrogens with two attached hydrogens (primary N) is 1. The van der Waals surface area contributed by atoms with Gasteiger partial charge in [-0.1, -0.05) is 15.9 Å². The minimum Gasteiger partial charge on any atom is -0.365 e. The Balaban J connectivity index is 2.06. The number of carbonyl (C=O) groups excluding carboxylic acids is 1. The van der Waals surface area contributed by atoms with Crippen LogP contribution in [-0.2, 0) is 6.54 Å². The summed E-state index contributed by atoms with van der Waals surface area (Å²) < 4.78 is 16.2. The summed E-state index contributed by atoms with van der Waals surface area (Å²) in [5.41, 5.74) is 6.21. The Bertz CT molecular complexity index is 875. The van der Waals surface area contributed by atoms with Gasteiger partial charge in [-0.25, -0.2) is 4.39 Å². The van der Waals surface area contributed by atoms with Crippen LogP contribution in [0.4, 0.5) is 15.8 Å². The van der Waals surface area contributed by atoms with Gasteiger partial charge in [-0.2, -0.15) is 0 Å². The lowest BCUT2D eigenvalue weighted by atomic mass is 10.1. The van der Waals surface area contributed by atoms with E-state index in [1.54, 1.807) is 13.0 Å². The topological polar surface area (TPSA) is 77.1 Å². The van der Waals surface area contributed by atoms with Gasteiger partial charge in [0.05, 0.1) is 16.9 Å². The minimum atomic E-state index is -0.664. The molecular weight excluding hydrogens is 377 g/mol. The summed E-state index contributed by atoms with van der Waals surface area (Å²) in [5, 5.41) is 2.84. The highest BCUT2D eigenvalue weighted by Crippen LogP contribution is 2.31. The third kappa shape index (κ3) is 3.36. The van der Waals surface area contributed by atoms with Gasteiger partial charge < -0.3 is 15.6 Å². The van der Waals surface area contributed by atoms with Gasteiger partial charge in [0.2, 0.25) is 0 Å². The highest BCUT2D eigenvalue weighted by atomic mass is 79.9. The van der Waals surface area contributed by atoms with E-state index in [9.17, 15) is 14.0 Å². The van der Waals surface area contributed by atoms with Crippen LogP contribution in [0, 0.1) is 18.7 Å². The first-order valence-electron chi connectivity index (χ1n) is 7.62. The zero-order chi connectivity index (χ0) is 17.4. The molecule has 7 heteroatoms. The second-order valence-corrected chi connectivity index (χ2v) is 6.97. The second-order valence-electron chi connectivity index (χ2n) is 6.06. The van der Waals surface area contributed by atoms with Crippen LogP contribution >= 0.6 is 15.9 Å². The first kappa shape index (κ1) is 16.7. The lowest BCUT2D eigenvalue weighted by molar-refractivity contribution is 0.1000. The molecule has 24 heavy (non-hydrogen) atoms. The predicted molar refractivity (Wildman–Crippen MR) is 94.1 cm³/mol. The molecule has 1 fully saturated rings. The number of nitrogens with zero attached hydrogens (tertiary/aromatic N) is 1. The van der Waals surface area contributed by atoms with Gasteiger partial charge in [-0.15, -0.1) is 0 Å². The number of aromatic nitrogens is 1. The maximum Gasteiger partial charge on any atom is 0.255 e. The highest BCUT2D eigenvalue weighted by Gasteiger charge is 2.24. The lowest BCUT2D eigenvalue weighted by Gasteiger charge is -2.16. The number of anilines is 2. The zero-order valence-electron chi connectivity index (χ0n) is 13.1. The molecule has 3 N–H and O–H groups in total. The molecule has 0 spiro atoms. The number of pyridine rings is 1. The van der Waals surface area contributed by atoms with Crippen LogP contribution in [0.15, 0.2) is 33.7 Å². The number of amides is 1. The molecule has 126 valence electrons. The van der Waals surface area contributed by atoms with Gasteiger partial charge in [0.15, 0.2) is 0 Å². The van der Waals surface area contributed by atoms with Crippen LogP contribution in [0.3, 0.4) is 0 Å². The fourth-order valence-corrected chi connectivity index (χ4v) is 2.92. The van der Waals surface area contributed by atoms with Crippen LogP contribution in [0.1, 0.15) is 28.8 Å². The lowest BCUT2D eigenvalue weighted by Crippen LogP contribution is -2.28. The summed E-state index contributed by atoms with van der Waals surface area (Å²) in [4.78, 5) is 24.4. The molecule has 1 saturated carbocycles. The first-order valence-corrected chi connectivity index (χ1v) is 8.42. The number of primary amides is 1. The molecule has 1 heterocycles. The first-order chi connectivity index (χ1) is 11.4. The Hall–Kier alpha value is -2.15. The van der Waals surface area contributed by atoms with Gasteiger partial charge in [0.1, 0.15) is 5.82 Å². The van der Waals surface area contributed by atoms with Gasteiger partial charge in [-0.05, 0) is 43.9 Å². The van der Waals surface area contributed by atoms with Crippen LogP contribution in [-0.4, -0.2) is 10.5 Å². The van der Waals surface area contributed by atoms with Gasteiger partial charge in [-0.3, -0.25) is 9.59 Å². The highest BCUT2D eigenvalue weighted by molar-refractivity contribution is 9.10. The zero-order valence-corrected chi connectivity index (χ0v) is 14.7. The second kappa shape index (κ2) is 6.39. The van der Waals surface area contributed by atoms with Crippen molar-refractivity contribution in [3.63, 3.8) is 0 Å². The standard InChI is InChI=1S/C17H17BrFN3O2/c1-9-15(21-14-5-4-11(18)6-13(14)19)12(16(20)23)8-22(17(9)24)7-10-2-3-10/h4-6,8,10,21H,2-3,7H2,1H3,(H2,20,23). The molecule has 0 saturated heterocycles. The molecule has 0 atom stereocenters. The third-order valence-corrected chi connectivity index (χ3v) is 4.61. The Morgan fingerprint density at radius 1 is 1.46 bits per heavy atom. The van der Waals surface area contributed by atoms with Crippen molar-refractivity contribution in [2.24, 2.45) is 11.7 Å². The number of benzene rings is 1. The van der Waals surface area contributed by atoms with Crippen molar-refractivity contribution in [1.29, 1.82) is 0 Å². The molecule has 2 aromatic rings. The molecule has 1 amide bonds. The van der Waals surface area contributed by atoms with E-state index in [1.165, 1.54) is 22.9 Å². The molecule has 1 aliphatic carbocycles. The summed E-state index contributed by atoms with van der Waals surface area (Å²) in [6.45, 7) is 2.18. The number of hydrogen-bond acceptors (Lipinski definition) is 3. The molecular formula is C17H17BrFN3O2. The average molecular weight is 394 g/mol. The summed E-state index contributed by atoms with van der Waals surface area (Å²) in [7, 11) is 0. The Kier molecular flexibility index (Phi) is 4.45. The Morgan fingerprint density at radius 3 is 2.75 bits per heavy atom. The van der Waals surface area contributed by atoms with E-state index in [4.69, 9.17) is 5.73 Å². The number of carbonyl (C=O) groups is 1. The molecule has 1 aromatic carbocycles. The molecule has 5 nitrogen and oxygen atoms in total. The van der Waals surface area contributed by atoms with E-state index in [2.05, 4.69) is 21.2 Å². The number of halogens is 2. The van der Waals surface area contributed by atoms with E-state index < -0.39 is 11.7 Å². The average Bonchev–Trinajstić information content (AvgIpc) is 3.32. The normalized spacial score (nSPS) is 13.8. The summed E-state index contributed by atoms with van der Waals surface area (Å²) in [5.74, 6) is -0.686. The maximum atomic E-state index is 14.1. The van der Waals surface area contributed by atoms with Gasteiger partial charge >= 0.3 is 0 Å². The molecule has 3 rings (SSSR count). The van der Waals surface area contributed by atoms with Crippen LogP contribution in [0.2, 0.25) is 0 Å². The summed E-state index contributed by atoms with van der Waals surface area (Å²) in [6.07, 6.45) is 3.64. The summed E-state index contributed by atoms with van der Waals surface area (Å²) in [6, 6.07) is 4.49. The molecule has 1 aliphatic rings. The van der Waals surface area contributed by atoms with Crippen LogP contribution in [0.25, 0.3) is 0 Å². The molecule has 0 radical (unpaired) electrons. The monoisotopic (exact) mass is 393 g/mol. The fourth-order valence-electron chi connectivity index (χ4n) is 2.59. The largest absolute Gasteiger partial charge is 0.365 e. The van der Waals surface area contributed by atoms with Crippen molar-refractivity contribution in [2.75, 3.05) is 5.32 Å².